The lowest BCUT2D eigenvalue weighted by Gasteiger charge is -2.22. The molecule has 0 spiro atoms. The fourth-order valence-electron chi connectivity index (χ4n) is 2.84. The first kappa shape index (κ1) is 23.8. The van der Waals surface area contributed by atoms with Crippen LogP contribution in [-0.4, -0.2) is 25.2 Å². The molecule has 0 aliphatic heterocycles. The minimum atomic E-state index is -3.95. The molecule has 0 atom stereocenters. The number of anilines is 1. The van der Waals surface area contributed by atoms with E-state index in [0.717, 1.165) is 9.87 Å². The van der Waals surface area contributed by atoms with Crippen LogP contribution < -0.4 is 5.32 Å². The lowest BCUT2D eigenvalue weighted by atomic mass is 10.2. The van der Waals surface area contributed by atoms with E-state index < -0.39 is 15.9 Å². The van der Waals surface area contributed by atoms with Crippen molar-refractivity contribution >= 4 is 60.7 Å². The quantitative estimate of drug-likeness (QED) is 0.405. The summed E-state index contributed by atoms with van der Waals surface area (Å²) in [5.41, 5.74) is 2.09. The molecule has 3 aromatic carbocycles. The zero-order valence-corrected chi connectivity index (χ0v) is 20.4. The second-order valence-corrected chi connectivity index (χ2v) is 10.5. The number of carbonyl (C=O) groups excluding carboxylic acids is 1. The number of nitrogens with one attached hydrogen (secondary N) is 1. The lowest BCUT2D eigenvalue weighted by molar-refractivity contribution is -0.116. The molecule has 3 rings (SSSR count). The number of rotatable bonds is 7. The van der Waals surface area contributed by atoms with Crippen molar-refractivity contribution in [3.63, 3.8) is 0 Å². The Bertz CT molecular complexity index is 1200. The van der Waals surface area contributed by atoms with E-state index in [4.69, 9.17) is 23.2 Å². The summed E-state index contributed by atoms with van der Waals surface area (Å²) in [6, 6.07) is 18.4. The Morgan fingerprint density at radius 3 is 2.32 bits per heavy atom. The summed E-state index contributed by atoms with van der Waals surface area (Å²) in [6.07, 6.45) is 0. The number of amides is 1. The summed E-state index contributed by atoms with van der Waals surface area (Å²) in [5, 5.41) is 3.42. The van der Waals surface area contributed by atoms with Crippen molar-refractivity contribution in [2.75, 3.05) is 11.9 Å². The molecule has 31 heavy (non-hydrogen) atoms. The number of halogens is 3. The molecule has 9 heteroatoms. The molecule has 0 saturated heterocycles. The number of benzene rings is 3. The Morgan fingerprint density at radius 2 is 1.68 bits per heavy atom. The van der Waals surface area contributed by atoms with Gasteiger partial charge in [0.25, 0.3) is 0 Å². The Morgan fingerprint density at radius 1 is 1.00 bits per heavy atom. The van der Waals surface area contributed by atoms with E-state index in [1.165, 1.54) is 12.1 Å². The van der Waals surface area contributed by atoms with Gasteiger partial charge in [0.15, 0.2) is 0 Å². The molecule has 0 fully saturated rings. The smallest absolute Gasteiger partial charge is 0.243 e. The molecule has 1 amide bonds. The van der Waals surface area contributed by atoms with E-state index in [1.807, 2.05) is 13.0 Å². The first-order valence-electron chi connectivity index (χ1n) is 9.22. The number of hydrogen-bond acceptors (Lipinski definition) is 3. The summed E-state index contributed by atoms with van der Waals surface area (Å²) < 4.78 is 28.5. The van der Waals surface area contributed by atoms with Crippen LogP contribution in [-0.2, 0) is 21.4 Å². The van der Waals surface area contributed by atoms with E-state index in [1.54, 1.807) is 48.5 Å². The summed E-state index contributed by atoms with van der Waals surface area (Å²) >= 11 is 15.4. The highest BCUT2D eigenvalue weighted by molar-refractivity contribution is 9.10. The molecule has 0 radical (unpaired) electrons. The summed E-state index contributed by atoms with van der Waals surface area (Å²) in [6.45, 7) is 1.45. The average molecular weight is 542 g/mol. The molecule has 0 aliphatic rings. The van der Waals surface area contributed by atoms with Gasteiger partial charge in [0, 0.05) is 11.0 Å². The first-order valence-corrected chi connectivity index (χ1v) is 12.2. The number of aryl methyl sites for hydroxylation is 1. The van der Waals surface area contributed by atoms with Crippen LogP contribution >= 0.6 is 39.1 Å². The van der Waals surface area contributed by atoms with Crippen LogP contribution in [0.2, 0.25) is 10.0 Å². The fourth-order valence-corrected chi connectivity index (χ4v) is 4.93. The number of para-hydroxylation sites is 1. The zero-order valence-electron chi connectivity index (χ0n) is 16.5. The van der Waals surface area contributed by atoms with Crippen molar-refractivity contribution in [1.82, 2.24) is 4.31 Å². The molecule has 0 aliphatic carbocycles. The summed E-state index contributed by atoms with van der Waals surface area (Å²) in [7, 11) is -3.95. The van der Waals surface area contributed by atoms with Gasteiger partial charge in [0.1, 0.15) is 0 Å². The Kier molecular flexibility index (Phi) is 7.78. The molecule has 0 bridgehead atoms. The Hall–Kier alpha value is -1.90. The lowest BCUT2D eigenvalue weighted by Crippen LogP contribution is -2.37. The molecule has 5 nitrogen and oxygen atoms in total. The highest BCUT2D eigenvalue weighted by Gasteiger charge is 2.27. The van der Waals surface area contributed by atoms with E-state index in [2.05, 4.69) is 21.2 Å². The second kappa shape index (κ2) is 10.1. The molecule has 162 valence electrons. The molecule has 3 aromatic rings. The Balaban J connectivity index is 1.91. The Labute approximate surface area is 200 Å². The molecule has 0 heterocycles. The summed E-state index contributed by atoms with van der Waals surface area (Å²) in [4.78, 5) is 12.8. The third kappa shape index (κ3) is 6.08. The van der Waals surface area contributed by atoms with Gasteiger partial charge in [-0.3, -0.25) is 4.79 Å². The maximum absolute atomic E-state index is 13.3. The average Bonchev–Trinajstić information content (AvgIpc) is 2.72. The fraction of sp³-hybridized carbons (Fsp3) is 0.136. The van der Waals surface area contributed by atoms with Crippen molar-refractivity contribution in [2.45, 2.75) is 18.4 Å². The minimum absolute atomic E-state index is 0.0452. The molecule has 0 unspecified atom stereocenters. The van der Waals surface area contributed by atoms with Crippen molar-refractivity contribution in [1.29, 1.82) is 0 Å². The third-order valence-corrected chi connectivity index (χ3v) is 7.71. The van der Waals surface area contributed by atoms with Crippen LogP contribution in [0.1, 0.15) is 11.1 Å². The highest BCUT2D eigenvalue weighted by atomic mass is 79.9. The van der Waals surface area contributed by atoms with Gasteiger partial charge >= 0.3 is 0 Å². The predicted octanol–water partition coefficient (Wildman–Crippen LogP) is 5.89. The van der Waals surface area contributed by atoms with Gasteiger partial charge in [0.2, 0.25) is 15.9 Å². The standard InChI is InChI=1S/C22H19BrCl2N2O3S/c1-15-6-9-17(10-7-15)31(29,30)27(13-16-8-11-19(24)20(25)12-16)14-22(28)26-21-5-3-2-4-18(21)23/h2-12H,13-14H2,1H3,(H,26,28). The van der Waals surface area contributed by atoms with Crippen molar-refractivity contribution in [2.24, 2.45) is 0 Å². The zero-order chi connectivity index (χ0) is 22.6. The summed E-state index contributed by atoms with van der Waals surface area (Å²) in [5.74, 6) is -0.470. The van der Waals surface area contributed by atoms with Gasteiger partial charge < -0.3 is 5.32 Å². The van der Waals surface area contributed by atoms with Crippen LogP contribution in [0.4, 0.5) is 5.69 Å². The van der Waals surface area contributed by atoms with Crippen LogP contribution in [0.5, 0.6) is 0 Å². The maximum Gasteiger partial charge on any atom is 0.243 e. The topological polar surface area (TPSA) is 66.5 Å². The number of nitrogens with zero attached hydrogens (tertiary/aromatic N) is 1. The highest BCUT2D eigenvalue weighted by Crippen LogP contribution is 2.26. The van der Waals surface area contributed by atoms with Crippen molar-refractivity contribution < 1.29 is 13.2 Å². The number of sulfonamides is 1. The molecule has 0 saturated carbocycles. The first-order chi connectivity index (χ1) is 14.7. The maximum atomic E-state index is 13.3. The van der Waals surface area contributed by atoms with Gasteiger partial charge in [-0.15, -0.1) is 0 Å². The van der Waals surface area contributed by atoms with Crippen LogP contribution in [0.3, 0.4) is 0 Å². The van der Waals surface area contributed by atoms with Crippen LogP contribution in [0.25, 0.3) is 0 Å². The third-order valence-electron chi connectivity index (χ3n) is 4.47. The SMILES string of the molecule is Cc1ccc(S(=O)(=O)N(CC(=O)Nc2ccccc2Br)Cc2ccc(Cl)c(Cl)c2)cc1. The molecular weight excluding hydrogens is 523 g/mol. The van der Waals surface area contributed by atoms with E-state index >= 15 is 0 Å². The monoisotopic (exact) mass is 540 g/mol. The second-order valence-electron chi connectivity index (χ2n) is 6.86. The van der Waals surface area contributed by atoms with E-state index in [0.29, 0.717) is 25.8 Å². The number of carbonyl (C=O) groups is 1. The van der Waals surface area contributed by atoms with Gasteiger partial charge in [-0.05, 0) is 64.8 Å². The van der Waals surface area contributed by atoms with Gasteiger partial charge in [-0.1, -0.05) is 59.1 Å². The van der Waals surface area contributed by atoms with E-state index in [-0.39, 0.29) is 18.0 Å². The van der Waals surface area contributed by atoms with Gasteiger partial charge in [-0.2, -0.15) is 4.31 Å². The molecule has 0 aromatic heterocycles. The normalized spacial score (nSPS) is 11.5. The van der Waals surface area contributed by atoms with Gasteiger partial charge in [0.05, 0.1) is 27.2 Å². The predicted molar refractivity (Wildman–Crippen MR) is 128 cm³/mol. The van der Waals surface area contributed by atoms with Crippen LogP contribution in [0.15, 0.2) is 76.1 Å². The number of hydrogen-bond donors (Lipinski definition) is 1. The van der Waals surface area contributed by atoms with E-state index in [9.17, 15) is 13.2 Å². The largest absolute Gasteiger partial charge is 0.324 e. The molecular formula is C22H19BrCl2N2O3S. The molecule has 1 N–H and O–H groups in total. The van der Waals surface area contributed by atoms with Gasteiger partial charge in [-0.25, -0.2) is 8.42 Å². The van der Waals surface area contributed by atoms with Crippen molar-refractivity contribution in [3.8, 4) is 0 Å². The minimum Gasteiger partial charge on any atom is -0.324 e. The van der Waals surface area contributed by atoms with Crippen molar-refractivity contribution in [3.05, 3.63) is 92.4 Å². The van der Waals surface area contributed by atoms with Crippen LogP contribution in [0, 0.1) is 6.92 Å².